The van der Waals surface area contributed by atoms with E-state index < -0.39 is 0 Å². The van der Waals surface area contributed by atoms with Crippen molar-refractivity contribution in [2.45, 2.75) is 19.4 Å². The molecule has 2 rings (SSSR count). The first-order valence-corrected chi connectivity index (χ1v) is 5.30. The van der Waals surface area contributed by atoms with Gasteiger partial charge in [-0.1, -0.05) is 31.2 Å². The smallest absolute Gasteiger partial charge is 0.0662 e. The van der Waals surface area contributed by atoms with E-state index in [9.17, 15) is 0 Å². The van der Waals surface area contributed by atoms with Gasteiger partial charge in [0.1, 0.15) is 0 Å². The van der Waals surface area contributed by atoms with E-state index in [4.69, 9.17) is 4.74 Å². The number of hydrogen-bond acceptors (Lipinski definition) is 2. The number of aryl methyl sites for hydroxylation is 1. The molecular formula is C12H17NO. The van der Waals surface area contributed by atoms with Crippen LogP contribution in [0.25, 0.3) is 0 Å². The van der Waals surface area contributed by atoms with Crippen molar-refractivity contribution in [3.05, 3.63) is 35.4 Å². The second kappa shape index (κ2) is 4.58. The third-order valence-electron chi connectivity index (χ3n) is 2.68. The summed E-state index contributed by atoms with van der Waals surface area (Å²) in [5.41, 5.74) is 2.75. The van der Waals surface area contributed by atoms with Crippen molar-refractivity contribution in [1.29, 1.82) is 0 Å². The molecule has 0 aliphatic carbocycles. The van der Waals surface area contributed by atoms with Gasteiger partial charge in [-0.2, -0.15) is 0 Å². The van der Waals surface area contributed by atoms with Crippen molar-refractivity contribution < 1.29 is 4.74 Å². The van der Waals surface area contributed by atoms with Crippen LogP contribution in [0.1, 0.15) is 24.1 Å². The molecule has 1 aliphatic heterocycles. The summed E-state index contributed by atoms with van der Waals surface area (Å²) < 4.78 is 5.45. The van der Waals surface area contributed by atoms with Crippen LogP contribution in [0.2, 0.25) is 0 Å². The Morgan fingerprint density at radius 2 is 2.43 bits per heavy atom. The van der Waals surface area contributed by atoms with E-state index in [1.54, 1.807) is 0 Å². The highest BCUT2D eigenvalue weighted by molar-refractivity contribution is 5.26. The minimum absolute atomic E-state index is 0.384. The van der Waals surface area contributed by atoms with Crippen LogP contribution < -0.4 is 5.32 Å². The quantitative estimate of drug-likeness (QED) is 0.771. The molecule has 1 aliphatic rings. The largest absolute Gasteiger partial charge is 0.378 e. The van der Waals surface area contributed by atoms with Crippen molar-refractivity contribution in [2.24, 2.45) is 0 Å². The fourth-order valence-corrected chi connectivity index (χ4v) is 1.81. The Morgan fingerprint density at radius 1 is 1.50 bits per heavy atom. The molecule has 76 valence electrons. The lowest BCUT2D eigenvalue weighted by atomic mass is 10.0. The van der Waals surface area contributed by atoms with Gasteiger partial charge in [0, 0.05) is 6.54 Å². The minimum Gasteiger partial charge on any atom is -0.378 e. The Hall–Kier alpha value is -0.860. The highest BCUT2D eigenvalue weighted by atomic mass is 16.5. The molecule has 0 spiro atoms. The van der Waals surface area contributed by atoms with Crippen molar-refractivity contribution >= 4 is 0 Å². The molecule has 1 fully saturated rings. The average molecular weight is 191 g/mol. The maximum Gasteiger partial charge on any atom is 0.0662 e. The molecule has 0 radical (unpaired) electrons. The standard InChI is InChI=1S/C12H17NO/c1-2-10-4-3-5-11(8-10)12-9-14-7-6-13-12/h3-5,8,12-13H,2,6-7,9H2,1H3/t12-/m0/s1. The van der Waals surface area contributed by atoms with Gasteiger partial charge in [0.25, 0.3) is 0 Å². The predicted molar refractivity (Wildman–Crippen MR) is 57.4 cm³/mol. The molecule has 14 heavy (non-hydrogen) atoms. The Balaban J connectivity index is 2.13. The Morgan fingerprint density at radius 3 is 3.14 bits per heavy atom. The Kier molecular flexibility index (Phi) is 3.17. The molecule has 2 nitrogen and oxygen atoms in total. The summed E-state index contributed by atoms with van der Waals surface area (Å²) in [7, 11) is 0. The fraction of sp³-hybridized carbons (Fsp3) is 0.500. The highest BCUT2D eigenvalue weighted by Crippen LogP contribution is 2.17. The lowest BCUT2D eigenvalue weighted by Gasteiger charge is -2.24. The van der Waals surface area contributed by atoms with Crippen LogP contribution in [0.3, 0.4) is 0 Å². The van der Waals surface area contributed by atoms with E-state index in [1.807, 2.05) is 0 Å². The van der Waals surface area contributed by atoms with E-state index in [0.717, 1.165) is 26.2 Å². The van der Waals surface area contributed by atoms with Gasteiger partial charge < -0.3 is 10.1 Å². The number of nitrogens with one attached hydrogen (secondary N) is 1. The number of hydrogen-bond donors (Lipinski definition) is 1. The van der Waals surface area contributed by atoms with Crippen LogP contribution in [0, 0.1) is 0 Å². The third-order valence-corrected chi connectivity index (χ3v) is 2.68. The second-order valence-corrected chi connectivity index (χ2v) is 3.68. The highest BCUT2D eigenvalue weighted by Gasteiger charge is 2.14. The Labute approximate surface area is 85.3 Å². The van der Waals surface area contributed by atoms with Gasteiger partial charge in [0.2, 0.25) is 0 Å². The number of morpholine rings is 1. The van der Waals surface area contributed by atoms with Crippen LogP contribution in [0.15, 0.2) is 24.3 Å². The van der Waals surface area contributed by atoms with Gasteiger partial charge in [0.15, 0.2) is 0 Å². The van der Waals surface area contributed by atoms with E-state index in [-0.39, 0.29) is 0 Å². The predicted octanol–water partition coefficient (Wildman–Crippen LogP) is 1.91. The van der Waals surface area contributed by atoms with Gasteiger partial charge in [0.05, 0.1) is 19.3 Å². The van der Waals surface area contributed by atoms with E-state index in [1.165, 1.54) is 11.1 Å². The summed E-state index contributed by atoms with van der Waals surface area (Å²) in [4.78, 5) is 0. The molecule has 1 aromatic carbocycles. The third kappa shape index (κ3) is 2.14. The molecule has 2 heteroatoms. The van der Waals surface area contributed by atoms with E-state index in [2.05, 4.69) is 36.5 Å². The fourth-order valence-electron chi connectivity index (χ4n) is 1.81. The molecule has 0 amide bonds. The SMILES string of the molecule is CCc1cccc([C@@H]2COCCN2)c1. The summed E-state index contributed by atoms with van der Waals surface area (Å²) in [6.45, 7) is 4.78. The molecule has 1 heterocycles. The van der Waals surface area contributed by atoms with Gasteiger partial charge >= 0.3 is 0 Å². The normalized spacial score (nSPS) is 22.2. The lowest BCUT2D eigenvalue weighted by molar-refractivity contribution is 0.0768. The zero-order valence-electron chi connectivity index (χ0n) is 8.62. The van der Waals surface area contributed by atoms with Crippen LogP contribution >= 0.6 is 0 Å². The minimum atomic E-state index is 0.384. The van der Waals surface area contributed by atoms with Gasteiger partial charge in [-0.25, -0.2) is 0 Å². The first-order chi connectivity index (χ1) is 6.90. The zero-order chi connectivity index (χ0) is 9.80. The van der Waals surface area contributed by atoms with Crippen LogP contribution in [-0.2, 0) is 11.2 Å². The molecule has 1 N–H and O–H groups in total. The van der Waals surface area contributed by atoms with Gasteiger partial charge in [-0.05, 0) is 17.5 Å². The molecule has 0 saturated carbocycles. The van der Waals surface area contributed by atoms with Crippen molar-refractivity contribution in [3.8, 4) is 0 Å². The first kappa shape index (κ1) is 9.69. The maximum atomic E-state index is 5.45. The summed E-state index contributed by atoms with van der Waals surface area (Å²) in [5, 5.41) is 3.46. The average Bonchev–Trinajstić information content (AvgIpc) is 2.30. The van der Waals surface area contributed by atoms with E-state index >= 15 is 0 Å². The van der Waals surface area contributed by atoms with Crippen molar-refractivity contribution in [1.82, 2.24) is 5.32 Å². The molecule has 0 bridgehead atoms. The van der Waals surface area contributed by atoms with Gasteiger partial charge in [-0.15, -0.1) is 0 Å². The van der Waals surface area contributed by atoms with Crippen molar-refractivity contribution in [2.75, 3.05) is 19.8 Å². The monoisotopic (exact) mass is 191 g/mol. The number of rotatable bonds is 2. The molecule has 0 unspecified atom stereocenters. The maximum absolute atomic E-state index is 5.45. The molecule has 0 aromatic heterocycles. The van der Waals surface area contributed by atoms with Crippen LogP contribution in [0.5, 0.6) is 0 Å². The van der Waals surface area contributed by atoms with Crippen LogP contribution in [0.4, 0.5) is 0 Å². The number of benzene rings is 1. The summed E-state index contributed by atoms with van der Waals surface area (Å²) in [6.07, 6.45) is 1.10. The lowest BCUT2D eigenvalue weighted by Crippen LogP contribution is -2.34. The summed E-state index contributed by atoms with van der Waals surface area (Å²) in [5.74, 6) is 0. The second-order valence-electron chi connectivity index (χ2n) is 3.68. The summed E-state index contributed by atoms with van der Waals surface area (Å²) >= 11 is 0. The first-order valence-electron chi connectivity index (χ1n) is 5.30. The van der Waals surface area contributed by atoms with Crippen molar-refractivity contribution in [3.63, 3.8) is 0 Å². The van der Waals surface area contributed by atoms with Crippen LogP contribution in [-0.4, -0.2) is 19.8 Å². The molecule has 1 saturated heterocycles. The topological polar surface area (TPSA) is 21.3 Å². The summed E-state index contributed by atoms with van der Waals surface area (Å²) in [6, 6.07) is 9.13. The van der Waals surface area contributed by atoms with Gasteiger partial charge in [-0.3, -0.25) is 0 Å². The molecule has 1 atom stereocenters. The molecular weight excluding hydrogens is 174 g/mol. The molecule has 1 aromatic rings. The Bertz CT molecular complexity index is 292. The zero-order valence-corrected chi connectivity index (χ0v) is 8.62. The van der Waals surface area contributed by atoms with E-state index in [0.29, 0.717) is 6.04 Å². The number of ether oxygens (including phenoxy) is 1.